The molecule has 6 heteroatoms. The highest BCUT2D eigenvalue weighted by Gasteiger charge is 2.26. The number of halogens is 1. The minimum atomic E-state index is -3.49. The number of carboxylic acid groups (broad SMARTS) is 1. The zero-order valence-corrected chi connectivity index (χ0v) is 12.8. The lowest BCUT2D eigenvalue weighted by molar-refractivity contribution is 0.0696. The van der Waals surface area contributed by atoms with E-state index >= 15 is 0 Å². The number of rotatable bonds is 4. The summed E-state index contributed by atoms with van der Waals surface area (Å²) in [5.74, 6) is -1.14. The maximum atomic E-state index is 12.3. The van der Waals surface area contributed by atoms with Gasteiger partial charge in [0.15, 0.2) is 9.84 Å². The molecule has 1 aromatic carbocycles. The molecule has 0 aromatic heterocycles. The highest BCUT2D eigenvalue weighted by molar-refractivity contribution is 9.10. The van der Waals surface area contributed by atoms with Crippen LogP contribution in [0.2, 0.25) is 0 Å². The van der Waals surface area contributed by atoms with Crippen LogP contribution in [0.3, 0.4) is 0 Å². The summed E-state index contributed by atoms with van der Waals surface area (Å²) in [6.45, 7) is 5.06. The second-order valence-corrected chi connectivity index (χ2v) is 7.34. The molecule has 1 aromatic rings. The van der Waals surface area contributed by atoms with Gasteiger partial charge in [0.1, 0.15) is 0 Å². The molecular weight excluding hydrogens is 320 g/mol. The van der Waals surface area contributed by atoms with Crippen LogP contribution < -0.4 is 0 Å². The number of sulfone groups is 1. The number of hydrogen-bond acceptors (Lipinski definition) is 3. The first-order chi connectivity index (χ1) is 8.21. The van der Waals surface area contributed by atoms with Gasteiger partial charge in [0.2, 0.25) is 0 Å². The topological polar surface area (TPSA) is 71.4 Å². The van der Waals surface area contributed by atoms with Gasteiger partial charge in [-0.05, 0) is 38.0 Å². The third-order valence-electron chi connectivity index (χ3n) is 2.95. The summed E-state index contributed by atoms with van der Waals surface area (Å²) in [5.41, 5.74) is 0.509. The lowest BCUT2D eigenvalue weighted by atomic mass is 10.1. The predicted octanol–water partition coefficient (Wildman–Crippen LogP) is 3.03. The van der Waals surface area contributed by atoms with E-state index in [-0.39, 0.29) is 10.5 Å². The van der Waals surface area contributed by atoms with Gasteiger partial charge >= 0.3 is 5.97 Å². The Bertz CT molecular complexity index is 578. The normalized spacial score (nSPS) is 13.3. The van der Waals surface area contributed by atoms with E-state index in [1.165, 1.54) is 12.1 Å². The lowest BCUT2D eigenvalue weighted by Gasteiger charge is -2.14. The van der Waals surface area contributed by atoms with Crippen molar-refractivity contribution in [1.29, 1.82) is 0 Å². The van der Waals surface area contributed by atoms with Crippen LogP contribution in [0.4, 0.5) is 0 Å². The second kappa shape index (κ2) is 5.40. The molecule has 1 rings (SSSR count). The van der Waals surface area contributed by atoms with Gasteiger partial charge in [0.25, 0.3) is 0 Å². The lowest BCUT2D eigenvalue weighted by Crippen LogP contribution is -2.18. The fourth-order valence-corrected chi connectivity index (χ4v) is 3.80. The summed E-state index contributed by atoms with van der Waals surface area (Å²) in [6, 6.07) is 2.64. The number of carbonyl (C=O) groups is 1. The number of benzene rings is 1. The smallest absolute Gasteiger partial charge is 0.335 e. The van der Waals surface area contributed by atoms with Crippen molar-refractivity contribution >= 4 is 31.7 Å². The van der Waals surface area contributed by atoms with Crippen molar-refractivity contribution in [2.24, 2.45) is 0 Å². The molecule has 0 aliphatic rings. The van der Waals surface area contributed by atoms with Crippen LogP contribution in [-0.4, -0.2) is 24.7 Å². The second-order valence-electron chi connectivity index (χ2n) is 4.15. The molecule has 0 radical (unpaired) electrons. The molecule has 0 aliphatic heterocycles. The highest BCUT2D eigenvalue weighted by atomic mass is 79.9. The molecule has 0 fully saturated rings. The van der Waals surface area contributed by atoms with Crippen molar-refractivity contribution in [1.82, 2.24) is 0 Å². The quantitative estimate of drug-likeness (QED) is 0.918. The van der Waals surface area contributed by atoms with Gasteiger partial charge in [0, 0.05) is 4.47 Å². The first-order valence-electron chi connectivity index (χ1n) is 5.49. The van der Waals surface area contributed by atoms with E-state index in [0.717, 1.165) is 0 Å². The summed E-state index contributed by atoms with van der Waals surface area (Å²) < 4.78 is 25.1. The number of hydrogen-bond donors (Lipinski definition) is 1. The Morgan fingerprint density at radius 1 is 1.44 bits per heavy atom. The minimum Gasteiger partial charge on any atom is -0.478 e. The highest BCUT2D eigenvalue weighted by Crippen LogP contribution is 2.29. The molecule has 18 heavy (non-hydrogen) atoms. The monoisotopic (exact) mass is 334 g/mol. The zero-order chi connectivity index (χ0) is 14.1. The van der Waals surface area contributed by atoms with Crippen molar-refractivity contribution < 1.29 is 18.3 Å². The van der Waals surface area contributed by atoms with E-state index in [0.29, 0.717) is 16.5 Å². The van der Waals surface area contributed by atoms with Gasteiger partial charge in [-0.1, -0.05) is 22.9 Å². The average molecular weight is 335 g/mol. The molecule has 0 saturated heterocycles. The molecular formula is C12H15BrO4S. The summed E-state index contributed by atoms with van der Waals surface area (Å²) in [7, 11) is -3.49. The molecule has 0 spiro atoms. The van der Waals surface area contributed by atoms with Gasteiger partial charge in [-0.2, -0.15) is 0 Å². The van der Waals surface area contributed by atoms with Crippen LogP contribution >= 0.6 is 15.9 Å². The Hall–Kier alpha value is -0.880. The van der Waals surface area contributed by atoms with Gasteiger partial charge in [-0.3, -0.25) is 0 Å². The Labute approximate surface area is 115 Å². The Morgan fingerprint density at radius 3 is 2.44 bits per heavy atom. The first-order valence-corrected chi connectivity index (χ1v) is 7.83. The Kier molecular flexibility index (Phi) is 4.55. The van der Waals surface area contributed by atoms with Crippen molar-refractivity contribution in [2.75, 3.05) is 0 Å². The maximum Gasteiger partial charge on any atom is 0.335 e. The van der Waals surface area contributed by atoms with Crippen molar-refractivity contribution in [3.05, 3.63) is 27.7 Å². The molecule has 0 heterocycles. The van der Waals surface area contributed by atoms with Gasteiger partial charge in [-0.15, -0.1) is 0 Å². The Morgan fingerprint density at radius 2 is 2.00 bits per heavy atom. The van der Waals surface area contributed by atoms with Gasteiger partial charge in [0.05, 0.1) is 15.7 Å². The van der Waals surface area contributed by atoms with Crippen LogP contribution in [-0.2, 0) is 9.84 Å². The number of aromatic carboxylic acids is 1. The van der Waals surface area contributed by atoms with Crippen LogP contribution in [0.15, 0.2) is 21.5 Å². The van der Waals surface area contributed by atoms with Crippen molar-refractivity contribution in [3.63, 3.8) is 0 Å². The molecule has 0 amide bonds. The van der Waals surface area contributed by atoms with Crippen LogP contribution in [0.1, 0.15) is 36.2 Å². The van der Waals surface area contributed by atoms with Crippen molar-refractivity contribution in [3.8, 4) is 0 Å². The van der Waals surface area contributed by atoms with Gasteiger partial charge in [-0.25, -0.2) is 13.2 Å². The molecule has 4 nitrogen and oxygen atoms in total. The molecule has 1 N–H and O–H groups in total. The van der Waals surface area contributed by atoms with Gasteiger partial charge < -0.3 is 5.11 Å². The van der Waals surface area contributed by atoms with E-state index in [4.69, 9.17) is 5.11 Å². The van der Waals surface area contributed by atoms with Crippen molar-refractivity contribution in [2.45, 2.75) is 37.3 Å². The Balaban J connectivity index is 3.55. The minimum absolute atomic E-state index is 0.0330. The van der Waals surface area contributed by atoms with E-state index in [2.05, 4.69) is 15.9 Å². The van der Waals surface area contributed by atoms with Crippen LogP contribution in [0, 0.1) is 6.92 Å². The summed E-state index contributed by atoms with van der Waals surface area (Å²) >= 11 is 3.20. The van der Waals surface area contributed by atoms with E-state index in [1.54, 1.807) is 20.8 Å². The standard InChI is InChI=1S/C12H15BrO4S/c1-4-7(2)18(16,17)11-6-9(12(14)15)5-10(13)8(11)3/h5-7H,4H2,1-3H3,(H,14,15). The third-order valence-corrected chi connectivity index (χ3v) is 6.21. The van der Waals surface area contributed by atoms with E-state index in [1.807, 2.05) is 0 Å². The summed E-state index contributed by atoms with van der Waals surface area (Å²) in [5, 5.41) is 8.44. The fraction of sp³-hybridized carbons (Fsp3) is 0.417. The first kappa shape index (κ1) is 15.2. The number of carboxylic acids is 1. The summed E-state index contributed by atoms with van der Waals surface area (Å²) in [4.78, 5) is 11.1. The maximum absolute atomic E-state index is 12.3. The SMILES string of the molecule is CCC(C)S(=O)(=O)c1cc(C(=O)O)cc(Br)c1C. The molecule has 100 valence electrons. The van der Waals surface area contributed by atoms with Crippen LogP contribution in [0.5, 0.6) is 0 Å². The molecule has 0 saturated carbocycles. The molecule has 0 bridgehead atoms. The molecule has 0 aliphatic carbocycles. The predicted molar refractivity (Wildman–Crippen MR) is 72.8 cm³/mol. The molecule has 1 unspecified atom stereocenters. The largest absolute Gasteiger partial charge is 0.478 e. The van der Waals surface area contributed by atoms with Crippen LogP contribution in [0.25, 0.3) is 0 Å². The average Bonchev–Trinajstić information content (AvgIpc) is 2.30. The zero-order valence-electron chi connectivity index (χ0n) is 10.4. The molecule has 1 atom stereocenters. The summed E-state index contributed by atoms with van der Waals surface area (Å²) in [6.07, 6.45) is 0.483. The van der Waals surface area contributed by atoms with E-state index in [9.17, 15) is 13.2 Å². The third kappa shape index (κ3) is 2.75. The van der Waals surface area contributed by atoms with E-state index < -0.39 is 21.1 Å². The fourth-order valence-electron chi connectivity index (χ4n) is 1.51.